The van der Waals surface area contributed by atoms with Crippen molar-refractivity contribution in [2.45, 2.75) is 32.3 Å². The monoisotopic (exact) mass is 250 g/mol. The molecular weight excluding hydrogens is 228 g/mol. The van der Waals surface area contributed by atoms with E-state index in [2.05, 4.69) is 25.2 Å². The summed E-state index contributed by atoms with van der Waals surface area (Å²) in [5, 5.41) is 2.86. The Morgan fingerprint density at radius 3 is 2.72 bits per heavy atom. The number of nitrogens with one attached hydrogen (secondary N) is 1. The number of rotatable bonds is 6. The van der Waals surface area contributed by atoms with Crippen molar-refractivity contribution in [1.82, 2.24) is 0 Å². The van der Waals surface area contributed by atoms with E-state index in [1.165, 1.54) is 5.56 Å². The van der Waals surface area contributed by atoms with Gasteiger partial charge in [-0.1, -0.05) is 26.0 Å². The van der Waals surface area contributed by atoms with E-state index in [9.17, 15) is 4.79 Å². The van der Waals surface area contributed by atoms with Crippen LogP contribution in [-0.4, -0.2) is 25.7 Å². The quantitative estimate of drug-likeness (QED) is 0.812. The number of hydrogen-bond donors (Lipinski definition) is 2. The highest BCUT2D eigenvalue weighted by molar-refractivity contribution is 5.91. The maximum atomic E-state index is 11.8. The smallest absolute Gasteiger partial charge is 0.227 e. The number of carbonyl (C=O) groups is 1. The van der Waals surface area contributed by atoms with Crippen molar-refractivity contribution in [2.24, 2.45) is 5.73 Å². The van der Waals surface area contributed by atoms with Gasteiger partial charge >= 0.3 is 0 Å². The molecule has 1 aromatic carbocycles. The first-order valence-corrected chi connectivity index (χ1v) is 6.19. The molecule has 0 fully saturated rings. The van der Waals surface area contributed by atoms with Gasteiger partial charge in [-0.15, -0.1) is 0 Å². The van der Waals surface area contributed by atoms with Crippen LogP contribution >= 0.6 is 0 Å². The van der Waals surface area contributed by atoms with Gasteiger partial charge in [0.25, 0.3) is 0 Å². The minimum absolute atomic E-state index is 0.0757. The lowest BCUT2D eigenvalue weighted by Crippen LogP contribution is -2.28. The highest BCUT2D eigenvalue weighted by Gasteiger charge is 2.11. The van der Waals surface area contributed by atoms with Gasteiger partial charge in [-0.25, -0.2) is 0 Å². The van der Waals surface area contributed by atoms with Crippen LogP contribution in [0.25, 0.3) is 0 Å². The Bertz CT molecular complexity index is 387. The molecule has 4 nitrogen and oxygen atoms in total. The summed E-state index contributed by atoms with van der Waals surface area (Å²) in [7, 11) is 1.56. The molecule has 1 rings (SSSR count). The zero-order valence-corrected chi connectivity index (χ0v) is 11.3. The summed E-state index contributed by atoms with van der Waals surface area (Å²) in [6, 6.07) is 7.88. The Hall–Kier alpha value is -1.39. The van der Waals surface area contributed by atoms with Crippen LogP contribution < -0.4 is 11.1 Å². The van der Waals surface area contributed by atoms with Crippen molar-refractivity contribution < 1.29 is 9.53 Å². The first-order valence-electron chi connectivity index (χ1n) is 6.19. The molecule has 0 bridgehead atoms. The first-order chi connectivity index (χ1) is 8.56. The molecule has 0 aliphatic rings. The molecule has 1 atom stereocenters. The Morgan fingerprint density at radius 2 is 2.17 bits per heavy atom. The third-order valence-electron chi connectivity index (χ3n) is 2.85. The zero-order chi connectivity index (χ0) is 13.5. The molecule has 100 valence electrons. The third kappa shape index (κ3) is 4.47. The molecule has 4 heteroatoms. The minimum Gasteiger partial charge on any atom is -0.380 e. The lowest BCUT2D eigenvalue weighted by molar-refractivity contribution is -0.118. The van der Waals surface area contributed by atoms with E-state index in [-0.39, 0.29) is 18.4 Å². The third-order valence-corrected chi connectivity index (χ3v) is 2.85. The molecule has 1 amide bonds. The number of benzene rings is 1. The normalized spacial score (nSPS) is 12.5. The van der Waals surface area contributed by atoms with Gasteiger partial charge in [0.15, 0.2) is 0 Å². The standard InChI is InChI=1S/C14H22N2O2/c1-10(2)11-5-4-6-12(7-11)16-14(17)8-13(9-15)18-3/h4-7,10,13H,8-9,15H2,1-3H3,(H,16,17). The second kappa shape index (κ2) is 7.13. The SMILES string of the molecule is COC(CN)CC(=O)Nc1cccc(C(C)C)c1. The number of carbonyl (C=O) groups excluding carboxylic acids is 1. The van der Waals surface area contributed by atoms with Crippen molar-refractivity contribution in [3.05, 3.63) is 29.8 Å². The predicted octanol–water partition coefficient (Wildman–Crippen LogP) is 2.11. The molecule has 3 N–H and O–H groups in total. The van der Waals surface area contributed by atoms with E-state index < -0.39 is 0 Å². The van der Waals surface area contributed by atoms with E-state index in [0.717, 1.165) is 5.69 Å². The van der Waals surface area contributed by atoms with Gasteiger partial charge < -0.3 is 15.8 Å². The van der Waals surface area contributed by atoms with Gasteiger partial charge in [0, 0.05) is 19.3 Å². The van der Waals surface area contributed by atoms with E-state index >= 15 is 0 Å². The Morgan fingerprint density at radius 1 is 1.44 bits per heavy atom. The van der Waals surface area contributed by atoms with Gasteiger partial charge in [0.1, 0.15) is 0 Å². The summed E-state index contributed by atoms with van der Waals surface area (Å²) in [5.74, 6) is 0.367. The van der Waals surface area contributed by atoms with Crippen LogP contribution in [-0.2, 0) is 9.53 Å². The number of nitrogens with two attached hydrogens (primary N) is 1. The summed E-state index contributed by atoms with van der Waals surface area (Å²) in [6.07, 6.45) is 0.0529. The van der Waals surface area contributed by atoms with Gasteiger partial charge in [-0.2, -0.15) is 0 Å². The summed E-state index contributed by atoms with van der Waals surface area (Å²) in [5.41, 5.74) is 7.51. The van der Waals surface area contributed by atoms with Gasteiger partial charge in [-0.3, -0.25) is 4.79 Å². The van der Waals surface area contributed by atoms with Crippen LogP contribution in [0.4, 0.5) is 5.69 Å². The molecule has 0 saturated carbocycles. The number of methoxy groups -OCH3 is 1. The maximum absolute atomic E-state index is 11.8. The molecule has 18 heavy (non-hydrogen) atoms. The van der Waals surface area contributed by atoms with Crippen LogP contribution in [0.5, 0.6) is 0 Å². The van der Waals surface area contributed by atoms with Gasteiger partial charge in [-0.05, 0) is 23.6 Å². The molecule has 0 radical (unpaired) electrons. The molecular formula is C14H22N2O2. The second-order valence-corrected chi connectivity index (χ2v) is 4.63. The molecule has 1 aromatic rings. The lowest BCUT2D eigenvalue weighted by Gasteiger charge is -2.13. The van der Waals surface area contributed by atoms with Crippen molar-refractivity contribution in [3.63, 3.8) is 0 Å². The number of hydrogen-bond acceptors (Lipinski definition) is 3. The Balaban J connectivity index is 2.61. The van der Waals surface area contributed by atoms with E-state index in [0.29, 0.717) is 12.5 Å². The fraction of sp³-hybridized carbons (Fsp3) is 0.500. The lowest BCUT2D eigenvalue weighted by atomic mass is 10.0. The average Bonchev–Trinajstić information content (AvgIpc) is 2.36. The molecule has 0 aliphatic carbocycles. The maximum Gasteiger partial charge on any atom is 0.227 e. The first kappa shape index (κ1) is 14.7. The predicted molar refractivity (Wildman–Crippen MR) is 73.6 cm³/mol. The topological polar surface area (TPSA) is 64.3 Å². The van der Waals surface area contributed by atoms with Crippen molar-refractivity contribution in [3.8, 4) is 0 Å². The van der Waals surface area contributed by atoms with Gasteiger partial charge in [0.2, 0.25) is 5.91 Å². The fourth-order valence-corrected chi connectivity index (χ4v) is 1.66. The molecule has 0 aliphatic heterocycles. The zero-order valence-electron chi connectivity index (χ0n) is 11.3. The fourth-order valence-electron chi connectivity index (χ4n) is 1.66. The van der Waals surface area contributed by atoms with E-state index in [4.69, 9.17) is 10.5 Å². The molecule has 1 unspecified atom stereocenters. The molecule has 0 aromatic heterocycles. The summed E-state index contributed by atoms with van der Waals surface area (Å²) >= 11 is 0. The average molecular weight is 250 g/mol. The van der Waals surface area contributed by atoms with Crippen molar-refractivity contribution in [1.29, 1.82) is 0 Å². The molecule has 0 heterocycles. The summed E-state index contributed by atoms with van der Waals surface area (Å²) in [6.45, 7) is 4.59. The highest BCUT2D eigenvalue weighted by Crippen LogP contribution is 2.18. The van der Waals surface area contributed by atoms with Crippen LogP contribution in [0.15, 0.2) is 24.3 Å². The number of anilines is 1. The van der Waals surface area contributed by atoms with Crippen molar-refractivity contribution in [2.75, 3.05) is 19.0 Å². The van der Waals surface area contributed by atoms with Crippen LogP contribution in [0.3, 0.4) is 0 Å². The van der Waals surface area contributed by atoms with Gasteiger partial charge in [0.05, 0.1) is 12.5 Å². The Labute approximate surface area is 109 Å². The van der Waals surface area contributed by atoms with Crippen molar-refractivity contribution >= 4 is 11.6 Å². The number of ether oxygens (including phenoxy) is 1. The van der Waals surface area contributed by atoms with E-state index in [1.54, 1.807) is 7.11 Å². The largest absolute Gasteiger partial charge is 0.380 e. The summed E-state index contributed by atoms with van der Waals surface area (Å²) < 4.78 is 5.08. The minimum atomic E-state index is -0.224. The summed E-state index contributed by atoms with van der Waals surface area (Å²) in [4.78, 5) is 11.8. The number of amides is 1. The Kier molecular flexibility index (Phi) is 5.82. The second-order valence-electron chi connectivity index (χ2n) is 4.63. The van der Waals surface area contributed by atoms with Crippen LogP contribution in [0.1, 0.15) is 31.7 Å². The van der Waals surface area contributed by atoms with Crippen LogP contribution in [0.2, 0.25) is 0 Å². The van der Waals surface area contributed by atoms with E-state index in [1.807, 2.05) is 18.2 Å². The molecule has 0 spiro atoms. The highest BCUT2D eigenvalue weighted by atomic mass is 16.5. The van der Waals surface area contributed by atoms with Crippen LogP contribution in [0, 0.1) is 0 Å². The molecule has 0 saturated heterocycles.